The molecule has 0 aromatic carbocycles. The number of esters is 1. The summed E-state index contributed by atoms with van der Waals surface area (Å²) >= 11 is 0. The van der Waals surface area contributed by atoms with E-state index in [1.54, 1.807) is 6.92 Å². The van der Waals surface area contributed by atoms with Gasteiger partial charge >= 0.3 is 5.97 Å². The molecule has 0 aromatic heterocycles. The van der Waals surface area contributed by atoms with Crippen molar-refractivity contribution in [2.24, 2.45) is 17.3 Å². The van der Waals surface area contributed by atoms with Gasteiger partial charge in [-0.1, -0.05) is 0 Å². The van der Waals surface area contributed by atoms with Crippen LogP contribution in [0.4, 0.5) is 0 Å². The third kappa shape index (κ3) is 1.92. The molecule has 3 heteroatoms. The number of carbonyl (C=O) groups is 2. The highest BCUT2D eigenvalue weighted by Gasteiger charge is 2.50. The van der Waals surface area contributed by atoms with Crippen molar-refractivity contribution in [1.29, 1.82) is 0 Å². The smallest absolute Gasteiger partial charge is 0.306 e. The van der Waals surface area contributed by atoms with Crippen LogP contribution in [0.3, 0.4) is 0 Å². The molecule has 0 radical (unpaired) electrons. The highest BCUT2D eigenvalue weighted by Crippen LogP contribution is 2.55. The summed E-state index contributed by atoms with van der Waals surface area (Å²) in [5, 5.41) is 0. The average molecular weight is 210 g/mol. The van der Waals surface area contributed by atoms with Gasteiger partial charge in [0.1, 0.15) is 6.29 Å². The van der Waals surface area contributed by atoms with Crippen molar-refractivity contribution in [1.82, 2.24) is 0 Å². The quantitative estimate of drug-likeness (QED) is 0.526. The zero-order chi connectivity index (χ0) is 10.9. The number of rotatable bonds is 4. The number of hydrogen-bond acceptors (Lipinski definition) is 3. The topological polar surface area (TPSA) is 43.4 Å². The predicted molar refractivity (Wildman–Crippen MR) is 55.2 cm³/mol. The van der Waals surface area contributed by atoms with Gasteiger partial charge in [-0.15, -0.1) is 0 Å². The summed E-state index contributed by atoms with van der Waals surface area (Å²) in [6.07, 6.45) is 5.58. The lowest BCUT2D eigenvalue weighted by Crippen LogP contribution is -2.24. The van der Waals surface area contributed by atoms with Crippen LogP contribution in [0.5, 0.6) is 0 Å². The third-order valence-corrected chi connectivity index (χ3v) is 3.96. The lowest BCUT2D eigenvalue weighted by molar-refractivity contribution is -0.147. The second kappa shape index (κ2) is 3.95. The standard InChI is InChI=1S/C12H18O3/c1-2-15-11(14)7-12(8-13)5-9-3-4-10(9)6-12/h8-10H,2-7H2,1H3/t9-,10+,12?. The van der Waals surface area contributed by atoms with Crippen LogP contribution < -0.4 is 0 Å². The van der Waals surface area contributed by atoms with Gasteiger partial charge in [0.05, 0.1) is 13.0 Å². The number of carbonyl (C=O) groups excluding carboxylic acids is 2. The lowest BCUT2D eigenvalue weighted by atomic mass is 9.77. The molecule has 0 bridgehead atoms. The monoisotopic (exact) mass is 210 g/mol. The summed E-state index contributed by atoms with van der Waals surface area (Å²) < 4.78 is 4.92. The van der Waals surface area contributed by atoms with Gasteiger partial charge < -0.3 is 9.53 Å². The Hall–Kier alpha value is -0.860. The first-order valence-electron chi connectivity index (χ1n) is 5.81. The lowest BCUT2D eigenvalue weighted by Gasteiger charge is -2.29. The molecule has 0 aromatic rings. The van der Waals surface area contributed by atoms with E-state index in [1.165, 1.54) is 12.8 Å². The van der Waals surface area contributed by atoms with E-state index in [1.807, 2.05) is 0 Å². The molecule has 2 fully saturated rings. The molecule has 2 aliphatic rings. The molecule has 3 atom stereocenters. The van der Waals surface area contributed by atoms with Crippen LogP contribution in [-0.4, -0.2) is 18.9 Å². The van der Waals surface area contributed by atoms with Crippen molar-refractivity contribution in [2.45, 2.75) is 39.0 Å². The normalized spacial score (nSPS) is 37.9. The highest BCUT2D eigenvalue weighted by molar-refractivity contribution is 5.76. The fraction of sp³-hybridized carbons (Fsp3) is 0.833. The first kappa shape index (κ1) is 10.7. The second-order valence-electron chi connectivity index (χ2n) is 4.97. The van der Waals surface area contributed by atoms with Crippen LogP contribution in [-0.2, 0) is 14.3 Å². The Kier molecular flexibility index (Phi) is 2.81. The number of hydrogen-bond donors (Lipinski definition) is 0. The molecule has 2 rings (SSSR count). The average Bonchev–Trinajstić information content (AvgIpc) is 2.43. The summed E-state index contributed by atoms with van der Waals surface area (Å²) in [6.45, 7) is 2.20. The Morgan fingerprint density at radius 2 is 2.00 bits per heavy atom. The SMILES string of the molecule is CCOC(=O)CC1(C=O)C[C@H]2CC[C@H]2C1. The van der Waals surface area contributed by atoms with Crippen LogP contribution in [0.25, 0.3) is 0 Å². The van der Waals surface area contributed by atoms with Crippen molar-refractivity contribution in [3.63, 3.8) is 0 Å². The van der Waals surface area contributed by atoms with Gasteiger partial charge in [0.25, 0.3) is 0 Å². The first-order chi connectivity index (χ1) is 7.19. The Labute approximate surface area is 90.2 Å². The molecule has 1 unspecified atom stereocenters. The largest absolute Gasteiger partial charge is 0.466 e. The minimum absolute atomic E-state index is 0.217. The Morgan fingerprint density at radius 3 is 2.40 bits per heavy atom. The van der Waals surface area contributed by atoms with Crippen molar-refractivity contribution < 1.29 is 14.3 Å². The van der Waals surface area contributed by atoms with Gasteiger partial charge in [-0.25, -0.2) is 0 Å². The predicted octanol–water partition coefficient (Wildman–Crippen LogP) is 1.94. The number of aldehydes is 1. The maximum absolute atomic E-state index is 11.4. The van der Waals surface area contributed by atoms with E-state index < -0.39 is 5.41 Å². The molecule has 0 heterocycles. The van der Waals surface area contributed by atoms with Gasteiger partial charge in [-0.3, -0.25) is 4.79 Å². The second-order valence-corrected chi connectivity index (χ2v) is 4.97. The maximum atomic E-state index is 11.4. The van der Waals surface area contributed by atoms with E-state index >= 15 is 0 Å². The van der Waals surface area contributed by atoms with Crippen LogP contribution in [0.15, 0.2) is 0 Å². The summed E-state index contributed by atoms with van der Waals surface area (Å²) in [5.41, 5.74) is -0.391. The maximum Gasteiger partial charge on any atom is 0.306 e. The Morgan fingerprint density at radius 1 is 1.40 bits per heavy atom. The highest BCUT2D eigenvalue weighted by atomic mass is 16.5. The Bertz CT molecular complexity index is 260. The zero-order valence-corrected chi connectivity index (χ0v) is 9.20. The minimum atomic E-state index is -0.391. The molecule has 0 saturated heterocycles. The summed E-state index contributed by atoms with van der Waals surface area (Å²) in [7, 11) is 0. The fourth-order valence-electron chi connectivity index (χ4n) is 3.08. The van der Waals surface area contributed by atoms with E-state index in [4.69, 9.17) is 4.74 Å². The van der Waals surface area contributed by atoms with E-state index in [2.05, 4.69) is 0 Å². The van der Waals surface area contributed by atoms with E-state index in [0.29, 0.717) is 18.4 Å². The number of fused-ring (bicyclic) bond motifs is 1. The molecular formula is C12H18O3. The van der Waals surface area contributed by atoms with Crippen LogP contribution in [0.2, 0.25) is 0 Å². The fourth-order valence-corrected chi connectivity index (χ4v) is 3.08. The van der Waals surface area contributed by atoms with E-state index in [0.717, 1.165) is 19.1 Å². The molecule has 2 saturated carbocycles. The minimum Gasteiger partial charge on any atom is -0.466 e. The van der Waals surface area contributed by atoms with Gasteiger partial charge in [-0.05, 0) is 44.4 Å². The van der Waals surface area contributed by atoms with Gasteiger partial charge in [-0.2, -0.15) is 0 Å². The molecular weight excluding hydrogens is 192 g/mol. The molecule has 0 aliphatic heterocycles. The first-order valence-corrected chi connectivity index (χ1v) is 5.81. The molecule has 2 aliphatic carbocycles. The molecule has 0 spiro atoms. The summed E-state index contributed by atoms with van der Waals surface area (Å²) in [6, 6.07) is 0. The van der Waals surface area contributed by atoms with Crippen molar-refractivity contribution in [2.75, 3.05) is 6.61 Å². The third-order valence-electron chi connectivity index (χ3n) is 3.96. The van der Waals surface area contributed by atoms with Crippen molar-refractivity contribution in [3.8, 4) is 0 Å². The van der Waals surface area contributed by atoms with E-state index in [9.17, 15) is 9.59 Å². The molecule has 0 N–H and O–H groups in total. The van der Waals surface area contributed by atoms with Gasteiger partial charge in [0, 0.05) is 5.41 Å². The molecule has 0 amide bonds. The van der Waals surface area contributed by atoms with Gasteiger partial charge in [0.2, 0.25) is 0 Å². The molecule has 3 nitrogen and oxygen atoms in total. The molecule has 84 valence electrons. The molecule has 15 heavy (non-hydrogen) atoms. The van der Waals surface area contributed by atoms with E-state index in [-0.39, 0.29) is 12.4 Å². The Balaban J connectivity index is 1.97. The summed E-state index contributed by atoms with van der Waals surface area (Å²) in [5.74, 6) is 1.18. The van der Waals surface area contributed by atoms with Gasteiger partial charge in [0.15, 0.2) is 0 Å². The van der Waals surface area contributed by atoms with Crippen LogP contribution >= 0.6 is 0 Å². The van der Waals surface area contributed by atoms with Crippen LogP contribution in [0, 0.1) is 17.3 Å². The summed E-state index contributed by atoms with van der Waals surface area (Å²) in [4.78, 5) is 22.6. The van der Waals surface area contributed by atoms with Crippen molar-refractivity contribution in [3.05, 3.63) is 0 Å². The number of ether oxygens (including phenoxy) is 1. The zero-order valence-electron chi connectivity index (χ0n) is 9.20. The van der Waals surface area contributed by atoms with Crippen LogP contribution in [0.1, 0.15) is 39.0 Å². The van der Waals surface area contributed by atoms with Crippen molar-refractivity contribution >= 4 is 12.3 Å².